The normalized spacial score (nSPS) is 22.8. The zero-order valence-corrected chi connectivity index (χ0v) is 11.8. The van der Waals surface area contributed by atoms with Gasteiger partial charge >= 0.3 is 0 Å². The highest BCUT2D eigenvalue weighted by Crippen LogP contribution is 2.29. The number of fused-ring (bicyclic) bond motifs is 1. The Kier molecular flexibility index (Phi) is 3.51. The average molecular weight is 274 g/mol. The van der Waals surface area contributed by atoms with Crippen LogP contribution in [-0.4, -0.2) is 28.4 Å². The smallest absolute Gasteiger partial charge is 0.252 e. The maximum absolute atomic E-state index is 12.4. The molecule has 0 radical (unpaired) electrons. The molecule has 2 atom stereocenters. The summed E-state index contributed by atoms with van der Waals surface area (Å²) in [7, 11) is 0. The van der Waals surface area contributed by atoms with E-state index in [1.54, 1.807) is 0 Å². The van der Waals surface area contributed by atoms with Crippen LogP contribution < -0.4 is 5.32 Å². The molecule has 2 aromatic rings. The highest BCUT2D eigenvalue weighted by Gasteiger charge is 2.28. The Labute approximate surface area is 117 Å². The average Bonchev–Trinajstić information content (AvgIpc) is 3.05. The van der Waals surface area contributed by atoms with E-state index in [-0.39, 0.29) is 5.91 Å². The molecule has 2 unspecified atom stereocenters. The summed E-state index contributed by atoms with van der Waals surface area (Å²) in [5.74, 6) is 0.0520. The second-order valence-corrected chi connectivity index (χ2v) is 6.11. The zero-order chi connectivity index (χ0) is 13.2. The number of aromatic nitrogens is 1. The summed E-state index contributed by atoms with van der Waals surface area (Å²) < 4.78 is 0. The Bertz CT molecular complexity index is 593. The zero-order valence-electron chi connectivity index (χ0n) is 11.0. The standard InChI is InChI=1S/C15H18N2OS/c1-19-14-7-3-6-13(14)17-15(18)11-4-2-5-12-10(11)8-9-16-12/h2,4-5,8-9,13-14,16H,3,6-7H2,1H3,(H,17,18). The monoisotopic (exact) mass is 274 g/mol. The number of benzene rings is 1. The first-order chi connectivity index (χ1) is 9.29. The number of amides is 1. The van der Waals surface area contributed by atoms with Crippen LogP contribution >= 0.6 is 11.8 Å². The van der Waals surface area contributed by atoms with Crippen LogP contribution in [0.3, 0.4) is 0 Å². The topological polar surface area (TPSA) is 44.9 Å². The molecule has 19 heavy (non-hydrogen) atoms. The van der Waals surface area contributed by atoms with Crippen LogP contribution in [0.2, 0.25) is 0 Å². The molecule has 0 spiro atoms. The first-order valence-electron chi connectivity index (χ1n) is 6.69. The molecule has 1 saturated carbocycles. The van der Waals surface area contributed by atoms with Gasteiger partial charge in [0.05, 0.1) is 0 Å². The molecule has 1 aliphatic rings. The summed E-state index contributed by atoms with van der Waals surface area (Å²) in [6.45, 7) is 0. The van der Waals surface area contributed by atoms with Gasteiger partial charge in [-0.15, -0.1) is 0 Å². The van der Waals surface area contributed by atoms with Crippen LogP contribution in [0, 0.1) is 0 Å². The Hall–Kier alpha value is -1.42. The lowest BCUT2D eigenvalue weighted by Gasteiger charge is -2.19. The van der Waals surface area contributed by atoms with Crippen molar-refractivity contribution < 1.29 is 4.79 Å². The third-order valence-electron chi connectivity index (χ3n) is 3.91. The number of H-pyrrole nitrogens is 1. The van der Waals surface area contributed by atoms with Crippen LogP contribution in [-0.2, 0) is 0 Å². The minimum Gasteiger partial charge on any atom is -0.361 e. The largest absolute Gasteiger partial charge is 0.361 e. The van der Waals surface area contributed by atoms with E-state index in [1.807, 2.05) is 42.2 Å². The van der Waals surface area contributed by atoms with E-state index in [0.29, 0.717) is 11.3 Å². The third-order valence-corrected chi connectivity index (χ3v) is 5.08. The second-order valence-electron chi connectivity index (χ2n) is 5.03. The number of carbonyl (C=O) groups excluding carboxylic acids is 1. The lowest BCUT2D eigenvalue weighted by Crippen LogP contribution is -2.38. The number of aromatic amines is 1. The molecule has 1 aromatic carbocycles. The van der Waals surface area contributed by atoms with Crippen molar-refractivity contribution in [1.82, 2.24) is 10.3 Å². The fourth-order valence-electron chi connectivity index (χ4n) is 2.90. The summed E-state index contributed by atoms with van der Waals surface area (Å²) in [5, 5.41) is 4.77. The molecule has 1 amide bonds. The Morgan fingerprint density at radius 3 is 3.11 bits per heavy atom. The van der Waals surface area contributed by atoms with Crippen LogP contribution in [0.25, 0.3) is 10.9 Å². The number of carbonyl (C=O) groups is 1. The molecule has 100 valence electrons. The van der Waals surface area contributed by atoms with Crippen molar-refractivity contribution in [2.75, 3.05) is 6.26 Å². The summed E-state index contributed by atoms with van der Waals surface area (Å²) in [6.07, 6.45) is 7.52. The van der Waals surface area contributed by atoms with Gasteiger partial charge in [-0.3, -0.25) is 4.79 Å². The van der Waals surface area contributed by atoms with Gasteiger partial charge in [0.1, 0.15) is 0 Å². The fraction of sp³-hybridized carbons (Fsp3) is 0.400. The molecule has 1 aromatic heterocycles. The molecule has 0 saturated heterocycles. The van der Waals surface area contributed by atoms with Gasteiger partial charge in [0.2, 0.25) is 0 Å². The highest BCUT2D eigenvalue weighted by molar-refractivity contribution is 7.99. The van der Waals surface area contributed by atoms with E-state index < -0.39 is 0 Å². The molecule has 1 heterocycles. The van der Waals surface area contributed by atoms with E-state index in [9.17, 15) is 4.79 Å². The first-order valence-corrected chi connectivity index (χ1v) is 7.98. The van der Waals surface area contributed by atoms with Crippen molar-refractivity contribution in [3.63, 3.8) is 0 Å². The van der Waals surface area contributed by atoms with Crippen LogP contribution in [0.1, 0.15) is 29.6 Å². The molecule has 0 bridgehead atoms. The highest BCUT2D eigenvalue weighted by atomic mass is 32.2. The summed E-state index contributed by atoms with van der Waals surface area (Å²) in [4.78, 5) is 15.6. The quantitative estimate of drug-likeness (QED) is 0.903. The minimum atomic E-state index is 0.0520. The van der Waals surface area contributed by atoms with Crippen molar-refractivity contribution in [3.8, 4) is 0 Å². The molecule has 1 aliphatic carbocycles. The van der Waals surface area contributed by atoms with Gasteiger partial charge in [-0.2, -0.15) is 11.8 Å². The van der Waals surface area contributed by atoms with Crippen molar-refractivity contribution in [2.24, 2.45) is 0 Å². The van der Waals surface area contributed by atoms with Gasteiger partial charge in [0.25, 0.3) is 5.91 Å². The SMILES string of the molecule is CSC1CCCC1NC(=O)c1cccc2[nH]ccc12. The molecule has 3 rings (SSSR count). The molecule has 4 heteroatoms. The molecular weight excluding hydrogens is 256 g/mol. The van der Waals surface area contributed by atoms with Crippen molar-refractivity contribution in [1.29, 1.82) is 0 Å². The first kappa shape index (κ1) is 12.6. The van der Waals surface area contributed by atoms with Gasteiger partial charge in [-0.05, 0) is 37.3 Å². The van der Waals surface area contributed by atoms with Crippen LogP contribution in [0.15, 0.2) is 30.5 Å². The molecule has 3 nitrogen and oxygen atoms in total. The maximum Gasteiger partial charge on any atom is 0.252 e. The van der Waals surface area contributed by atoms with Crippen molar-refractivity contribution >= 4 is 28.6 Å². The van der Waals surface area contributed by atoms with Gasteiger partial charge < -0.3 is 10.3 Å². The number of hydrogen-bond acceptors (Lipinski definition) is 2. The van der Waals surface area contributed by atoms with Gasteiger partial charge in [0.15, 0.2) is 0 Å². The van der Waals surface area contributed by atoms with E-state index in [2.05, 4.69) is 16.6 Å². The number of rotatable bonds is 3. The summed E-state index contributed by atoms with van der Waals surface area (Å²) >= 11 is 1.86. The molecule has 2 N–H and O–H groups in total. The Morgan fingerprint density at radius 1 is 1.37 bits per heavy atom. The van der Waals surface area contributed by atoms with E-state index in [1.165, 1.54) is 12.8 Å². The van der Waals surface area contributed by atoms with Crippen LogP contribution in [0.4, 0.5) is 0 Å². The molecule has 0 aliphatic heterocycles. The van der Waals surface area contributed by atoms with E-state index >= 15 is 0 Å². The van der Waals surface area contributed by atoms with Crippen molar-refractivity contribution in [3.05, 3.63) is 36.0 Å². The number of hydrogen-bond donors (Lipinski definition) is 2. The molecule has 1 fully saturated rings. The second kappa shape index (κ2) is 5.29. The molecular formula is C15H18N2OS. The lowest BCUT2D eigenvalue weighted by atomic mass is 10.1. The van der Waals surface area contributed by atoms with Gasteiger partial charge in [0, 0.05) is 34.0 Å². The third kappa shape index (κ3) is 2.37. The number of thioether (sulfide) groups is 1. The Balaban J connectivity index is 1.82. The predicted octanol–water partition coefficient (Wildman–Crippen LogP) is 3.18. The number of nitrogens with one attached hydrogen (secondary N) is 2. The fourth-order valence-corrected chi connectivity index (χ4v) is 3.84. The minimum absolute atomic E-state index is 0.0520. The van der Waals surface area contributed by atoms with Gasteiger partial charge in [-0.25, -0.2) is 0 Å². The van der Waals surface area contributed by atoms with E-state index in [0.717, 1.165) is 22.9 Å². The summed E-state index contributed by atoms with van der Waals surface area (Å²) in [5.41, 5.74) is 1.78. The Morgan fingerprint density at radius 2 is 2.26 bits per heavy atom. The van der Waals surface area contributed by atoms with Crippen LogP contribution in [0.5, 0.6) is 0 Å². The maximum atomic E-state index is 12.4. The lowest BCUT2D eigenvalue weighted by molar-refractivity contribution is 0.0940. The van der Waals surface area contributed by atoms with Crippen molar-refractivity contribution in [2.45, 2.75) is 30.6 Å². The van der Waals surface area contributed by atoms with E-state index in [4.69, 9.17) is 0 Å². The van der Waals surface area contributed by atoms with Gasteiger partial charge in [-0.1, -0.05) is 12.5 Å². The predicted molar refractivity (Wildman–Crippen MR) is 80.7 cm³/mol. The summed E-state index contributed by atoms with van der Waals surface area (Å²) in [6, 6.07) is 8.09.